The van der Waals surface area contributed by atoms with Crippen LogP contribution < -0.4 is 10.1 Å². The highest BCUT2D eigenvalue weighted by Crippen LogP contribution is 2.35. The second-order valence-electron chi connectivity index (χ2n) is 8.16. The molecule has 0 saturated carbocycles. The molecule has 1 aliphatic rings. The van der Waals surface area contributed by atoms with E-state index in [0.29, 0.717) is 39.8 Å². The topological polar surface area (TPSA) is 123 Å². The summed E-state index contributed by atoms with van der Waals surface area (Å²) in [6.45, 7) is 2.79. The van der Waals surface area contributed by atoms with Crippen molar-refractivity contribution in [3.63, 3.8) is 0 Å². The number of halogens is 2. The molecule has 3 N–H and O–H groups in total. The summed E-state index contributed by atoms with van der Waals surface area (Å²) in [7, 11) is 0. The number of fused-ring (bicyclic) bond motifs is 1. The molecule has 1 fully saturated rings. The molecule has 1 unspecified atom stereocenters. The van der Waals surface area contributed by atoms with Gasteiger partial charge in [0, 0.05) is 18.3 Å². The standard InChI is InChI=1S/C22H23ClFN7O3/c1-12-21(28-29-31(12)17-4-5-25-9-18(17)33)13-6-19(22-15(23)8-27-30(22)10-13)34-20(11-32)16-3-2-14(24)7-26-16/h2-3,6-8,10,17-18,20,25,32-33H,4-5,9,11H2,1H3/t17-,18-,20?/m1/s1. The molecule has 1 saturated heterocycles. The van der Waals surface area contributed by atoms with Gasteiger partial charge in [-0.25, -0.2) is 13.6 Å². The van der Waals surface area contributed by atoms with Gasteiger partial charge in [0.1, 0.15) is 22.8 Å². The Kier molecular flexibility index (Phi) is 6.17. The molecule has 10 nitrogen and oxygen atoms in total. The summed E-state index contributed by atoms with van der Waals surface area (Å²) in [4.78, 5) is 4.02. The van der Waals surface area contributed by atoms with Crippen molar-refractivity contribution in [2.24, 2.45) is 0 Å². The maximum absolute atomic E-state index is 13.3. The molecule has 4 aromatic rings. The maximum Gasteiger partial charge on any atom is 0.163 e. The van der Waals surface area contributed by atoms with E-state index in [0.717, 1.165) is 24.9 Å². The van der Waals surface area contributed by atoms with Crippen molar-refractivity contribution in [3.05, 3.63) is 59.0 Å². The number of hydrogen-bond donors (Lipinski definition) is 3. The van der Waals surface area contributed by atoms with Crippen molar-refractivity contribution >= 4 is 17.1 Å². The van der Waals surface area contributed by atoms with Crippen LogP contribution in [0.2, 0.25) is 5.02 Å². The van der Waals surface area contributed by atoms with Crippen LogP contribution in [0.15, 0.2) is 36.8 Å². The van der Waals surface area contributed by atoms with E-state index >= 15 is 0 Å². The number of aromatic nitrogens is 6. The molecular weight excluding hydrogens is 465 g/mol. The number of piperidine rings is 1. The number of ether oxygens (including phenoxy) is 1. The quantitative estimate of drug-likeness (QED) is 0.378. The van der Waals surface area contributed by atoms with Gasteiger partial charge in [0.25, 0.3) is 0 Å². The summed E-state index contributed by atoms with van der Waals surface area (Å²) >= 11 is 6.37. The Balaban J connectivity index is 1.55. The van der Waals surface area contributed by atoms with Crippen molar-refractivity contribution in [1.82, 2.24) is 34.9 Å². The molecule has 0 bridgehead atoms. The zero-order chi connectivity index (χ0) is 23.8. The second kappa shape index (κ2) is 9.26. The first-order valence-corrected chi connectivity index (χ1v) is 11.2. The van der Waals surface area contributed by atoms with Crippen LogP contribution >= 0.6 is 11.6 Å². The molecule has 5 heterocycles. The molecule has 0 aliphatic carbocycles. The Hall–Kier alpha value is -3.12. The van der Waals surface area contributed by atoms with Crippen molar-refractivity contribution in [2.75, 3.05) is 19.7 Å². The van der Waals surface area contributed by atoms with E-state index in [9.17, 15) is 14.6 Å². The third kappa shape index (κ3) is 4.11. The molecule has 3 atom stereocenters. The molecule has 12 heteroatoms. The molecule has 1 aliphatic heterocycles. The fourth-order valence-corrected chi connectivity index (χ4v) is 4.45. The number of hydrogen-bond acceptors (Lipinski definition) is 8. The van der Waals surface area contributed by atoms with Gasteiger partial charge < -0.3 is 20.3 Å². The smallest absolute Gasteiger partial charge is 0.163 e. The molecule has 178 valence electrons. The number of nitrogens with zero attached hydrogens (tertiary/aromatic N) is 6. The largest absolute Gasteiger partial charge is 0.479 e. The molecule has 0 radical (unpaired) electrons. The second-order valence-corrected chi connectivity index (χ2v) is 8.57. The fourth-order valence-electron chi connectivity index (χ4n) is 4.23. The van der Waals surface area contributed by atoms with Gasteiger partial charge in [-0.2, -0.15) is 5.10 Å². The molecule has 5 rings (SSSR count). The first-order valence-electron chi connectivity index (χ1n) is 10.8. The van der Waals surface area contributed by atoms with Crippen LogP contribution in [0.3, 0.4) is 0 Å². The highest BCUT2D eigenvalue weighted by atomic mass is 35.5. The summed E-state index contributed by atoms with van der Waals surface area (Å²) in [5, 5.41) is 36.8. The third-order valence-corrected chi connectivity index (χ3v) is 6.25. The zero-order valence-electron chi connectivity index (χ0n) is 18.3. The minimum Gasteiger partial charge on any atom is -0.479 e. The number of rotatable bonds is 6. The van der Waals surface area contributed by atoms with E-state index in [2.05, 4.69) is 25.7 Å². The van der Waals surface area contributed by atoms with Gasteiger partial charge in [-0.3, -0.25) is 4.98 Å². The monoisotopic (exact) mass is 487 g/mol. The Bertz CT molecular complexity index is 1310. The minimum absolute atomic E-state index is 0.176. The molecule has 34 heavy (non-hydrogen) atoms. The SMILES string of the molecule is Cc1c(-c2cc(OC(CO)c3ccc(F)cn3)c3c(Cl)cnn3c2)nnn1[C@@H]1CCNC[C@H]1O. The number of nitrogens with one attached hydrogen (secondary N) is 1. The molecule has 0 amide bonds. The summed E-state index contributed by atoms with van der Waals surface area (Å²) in [6.07, 6.45) is 3.63. The number of aliphatic hydroxyl groups excluding tert-OH is 2. The Morgan fingerprint density at radius 2 is 2.21 bits per heavy atom. The summed E-state index contributed by atoms with van der Waals surface area (Å²) < 4.78 is 22.7. The number of pyridine rings is 2. The average molecular weight is 488 g/mol. The molecule has 0 spiro atoms. The van der Waals surface area contributed by atoms with Crippen LogP contribution in [0, 0.1) is 12.7 Å². The average Bonchev–Trinajstić information content (AvgIpc) is 3.41. The van der Waals surface area contributed by atoms with Crippen LogP contribution in [-0.4, -0.2) is 65.6 Å². The van der Waals surface area contributed by atoms with Gasteiger partial charge in [0.15, 0.2) is 6.10 Å². The Morgan fingerprint density at radius 3 is 2.94 bits per heavy atom. The highest BCUT2D eigenvalue weighted by molar-refractivity contribution is 6.34. The van der Waals surface area contributed by atoms with Crippen LogP contribution in [0.4, 0.5) is 4.39 Å². The van der Waals surface area contributed by atoms with E-state index in [1.165, 1.54) is 18.3 Å². The van der Waals surface area contributed by atoms with Gasteiger partial charge in [-0.05, 0) is 38.1 Å². The van der Waals surface area contributed by atoms with Crippen molar-refractivity contribution in [3.8, 4) is 17.0 Å². The highest BCUT2D eigenvalue weighted by Gasteiger charge is 2.28. The van der Waals surface area contributed by atoms with E-state index in [-0.39, 0.29) is 12.6 Å². The van der Waals surface area contributed by atoms with E-state index in [4.69, 9.17) is 16.3 Å². The van der Waals surface area contributed by atoms with Crippen LogP contribution in [0.5, 0.6) is 5.75 Å². The first kappa shape index (κ1) is 22.7. The number of aliphatic hydroxyl groups is 2. The minimum atomic E-state index is -0.854. The van der Waals surface area contributed by atoms with Gasteiger partial charge >= 0.3 is 0 Å². The predicted molar refractivity (Wildman–Crippen MR) is 121 cm³/mol. The summed E-state index contributed by atoms with van der Waals surface area (Å²) in [5.74, 6) is -0.137. The van der Waals surface area contributed by atoms with E-state index in [1.54, 1.807) is 21.5 Å². The third-order valence-electron chi connectivity index (χ3n) is 5.98. The van der Waals surface area contributed by atoms with E-state index < -0.39 is 18.0 Å². The van der Waals surface area contributed by atoms with Crippen LogP contribution in [0.25, 0.3) is 16.8 Å². The van der Waals surface area contributed by atoms with Gasteiger partial charge in [0.05, 0.1) is 47.6 Å². The molecular formula is C22H23ClFN7O3. The maximum atomic E-state index is 13.3. The van der Waals surface area contributed by atoms with Gasteiger partial charge in [-0.15, -0.1) is 5.10 Å². The van der Waals surface area contributed by atoms with Crippen molar-refractivity contribution in [1.29, 1.82) is 0 Å². The summed E-state index contributed by atoms with van der Waals surface area (Å²) in [6, 6.07) is 4.28. The lowest BCUT2D eigenvalue weighted by molar-refractivity contribution is 0.0789. The van der Waals surface area contributed by atoms with E-state index in [1.807, 2.05) is 6.92 Å². The Labute approximate surface area is 199 Å². The Morgan fingerprint density at radius 1 is 1.35 bits per heavy atom. The normalized spacial score (nSPS) is 19.4. The van der Waals surface area contributed by atoms with Gasteiger partial charge in [-0.1, -0.05) is 16.8 Å². The van der Waals surface area contributed by atoms with Crippen LogP contribution in [0.1, 0.15) is 30.0 Å². The van der Waals surface area contributed by atoms with Crippen molar-refractivity contribution < 1.29 is 19.3 Å². The lowest BCUT2D eigenvalue weighted by atomic mass is 10.0. The lowest BCUT2D eigenvalue weighted by Gasteiger charge is -2.28. The number of β-amino-alcohol motifs (C(OH)–C–C–N with tert-alkyl or cyclic N) is 1. The zero-order valence-corrected chi connectivity index (χ0v) is 19.0. The summed E-state index contributed by atoms with van der Waals surface area (Å²) in [5.41, 5.74) is 2.92. The first-order chi connectivity index (χ1) is 16.5. The van der Waals surface area contributed by atoms with Crippen molar-refractivity contribution in [2.45, 2.75) is 31.6 Å². The predicted octanol–water partition coefficient (Wildman–Crippen LogP) is 2.10. The molecule has 4 aromatic heterocycles. The fraction of sp³-hybridized carbons (Fsp3) is 0.364. The van der Waals surface area contributed by atoms with Crippen LogP contribution in [-0.2, 0) is 0 Å². The molecule has 0 aromatic carbocycles. The van der Waals surface area contributed by atoms with Gasteiger partial charge in [0.2, 0.25) is 0 Å². The lowest BCUT2D eigenvalue weighted by Crippen LogP contribution is -2.42.